The molecule has 7 N–H and O–H groups in total. The zero-order chi connectivity index (χ0) is 11.1. The first-order valence-electron chi connectivity index (χ1n) is 3.07. The summed E-state index contributed by atoms with van der Waals surface area (Å²) in [4.78, 5) is 30.8. The summed E-state index contributed by atoms with van der Waals surface area (Å²) in [6, 6.07) is 0. The van der Waals surface area contributed by atoms with Crippen molar-refractivity contribution < 1.29 is 33.8 Å². The molecule has 0 spiro atoms. The molecule has 0 fully saturated rings. The summed E-state index contributed by atoms with van der Waals surface area (Å²) in [6.07, 6.45) is -0.0652. The molecular formula is C3H15NNa2O7P2. The van der Waals surface area contributed by atoms with Crippen molar-refractivity contribution in [1.29, 1.82) is 0 Å². The van der Waals surface area contributed by atoms with Gasteiger partial charge in [0.1, 0.15) is 0 Å². The Bertz CT molecular complexity index is 195. The molecule has 0 bridgehead atoms. The third kappa shape index (κ3) is 26.1. The fourth-order valence-corrected chi connectivity index (χ4v) is 0.803. The quantitative estimate of drug-likeness (QED) is 0.234. The molecule has 12 heteroatoms. The summed E-state index contributed by atoms with van der Waals surface area (Å²) in [5.41, 5.74) is 4.92. The van der Waals surface area contributed by atoms with Gasteiger partial charge < -0.3 is 30.4 Å². The molecule has 0 saturated heterocycles. The van der Waals surface area contributed by atoms with E-state index in [1.54, 1.807) is 0 Å². The summed E-state index contributed by atoms with van der Waals surface area (Å²) < 4.78 is 18.9. The first-order valence-corrected chi connectivity index (χ1v) is 6.05. The van der Waals surface area contributed by atoms with Crippen LogP contribution in [0.4, 0.5) is 0 Å². The molecule has 0 aromatic heterocycles. The van der Waals surface area contributed by atoms with Gasteiger partial charge in [-0.1, -0.05) is 0 Å². The minimum absolute atomic E-state index is 0. The van der Waals surface area contributed by atoms with Gasteiger partial charge in [0.25, 0.3) is 0 Å². The predicted octanol–water partition coefficient (Wildman–Crippen LogP) is -3.11. The Kier molecular flexibility index (Phi) is 24.7. The topological polar surface area (TPSA) is 161 Å². The number of nitrogens with two attached hydrogens (primary N) is 1. The summed E-state index contributed by atoms with van der Waals surface area (Å²) in [6.45, 7) is 0.0757. The first kappa shape index (κ1) is 25.9. The van der Waals surface area contributed by atoms with Crippen LogP contribution in [0.3, 0.4) is 0 Å². The number of aliphatic hydroxyl groups is 1. The van der Waals surface area contributed by atoms with E-state index in [2.05, 4.69) is 0 Å². The van der Waals surface area contributed by atoms with Crippen molar-refractivity contribution >= 4 is 75.0 Å². The Balaban J connectivity index is -0.0000000883. The van der Waals surface area contributed by atoms with Crippen molar-refractivity contribution in [2.45, 2.75) is 12.3 Å². The van der Waals surface area contributed by atoms with Gasteiger partial charge in [0, 0.05) is 0 Å². The van der Waals surface area contributed by atoms with Gasteiger partial charge >= 0.3 is 75.0 Å². The van der Waals surface area contributed by atoms with Gasteiger partial charge in [-0.15, -0.1) is 0 Å². The molecular weight excluding hydrogens is 270 g/mol. The van der Waals surface area contributed by atoms with Gasteiger partial charge in [-0.05, 0) is 13.0 Å². The second kappa shape index (κ2) is 14.3. The number of rotatable bonds is 3. The molecule has 0 heterocycles. The monoisotopic (exact) mass is 285 g/mol. The Morgan fingerprint density at radius 2 is 1.53 bits per heavy atom. The Morgan fingerprint density at radius 1 is 1.27 bits per heavy atom. The molecule has 0 aliphatic rings. The molecule has 0 aromatic carbocycles. The van der Waals surface area contributed by atoms with Crippen molar-refractivity contribution in [2.24, 2.45) is 5.73 Å². The van der Waals surface area contributed by atoms with E-state index >= 15 is 0 Å². The van der Waals surface area contributed by atoms with E-state index in [-0.39, 0.29) is 72.1 Å². The molecule has 86 valence electrons. The van der Waals surface area contributed by atoms with Crippen LogP contribution in [0.1, 0.15) is 6.42 Å². The average molecular weight is 285 g/mol. The standard InChI is InChI=1S/C3H10NO4P.2Na.H3O3P.2H/c4-2-1-3(5)9(6,7)8;;;1-4(2)3;;/h3,5H,1-2,4H2,(H2,6,7,8);;;4H,(H2,1,2,3);;. The van der Waals surface area contributed by atoms with Gasteiger partial charge in [0.2, 0.25) is 0 Å². The van der Waals surface area contributed by atoms with Crippen molar-refractivity contribution in [2.75, 3.05) is 6.54 Å². The van der Waals surface area contributed by atoms with Crippen LogP contribution in [0, 0.1) is 0 Å². The van der Waals surface area contributed by atoms with Crippen LogP contribution < -0.4 is 5.73 Å². The van der Waals surface area contributed by atoms with E-state index in [0.717, 1.165) is 0 Å². The van der Waals surface area contributed by atoms with Gasteiger partial charge in [-0.2, -0.15) is 0 Å². The fraction of sp³-hybridized carbons (Fsp3) is 1.00. The zero-order valence-corrected chi connectivity index (χ0v) is 8.46. The number of hydrogen-bond donors (Lipinski definition) is 6. The SMILES string of the molecule is NCCC(O)P(=O)(O)O.O=[PH](O)O.[NaH].[NaH]. The minimum atomic E-state index is -4.30. The van der Waals surface area contributed by atoms with E-state index in [9.17, 15) is 4.57 Å². The predicted molar refractivity (Wildman–Crippen MR) is 59.5 cm³/mol. The summed E-state index contributed by atoms with van der Waals surface area (Å²) in [5, 5.41) is 8.54. The summed E-state index contributed by atoms with van der Waals surface area (Å²) in [7, 11) is -7.43. The molecule has 0 amide bonds. The second-order valence-electron chi connectivity index (χ2n) is 1.93. The van der Waals surface area contributed by atoms with E-state index in [1.165, 1.54) is 0 Å². The van der Waals surface area contributed by atoms with E-state index in [0.29, 0.717) is 0 Å². The van der Waals surface area contributed by atoms with Gasteiger partial charge in [-0.25, -0.2) is 0 Å². The first-order chi connectivity index (χ1) is 5.71. The zero-order valence-electron chi connectivity index (χ0n) is 6.57. The van der Waals surface area contributed by atoms with Crippen molar-refractivity contribution in [3.63, 3.8) is 0 Å². The van der Waals surface area contributed by atoms with Gasteiger partial charge in [0.15, 0.2) is 5.85 Å². The number of hydrogen-bond acceptors (Lipinski definition) is 4. The van der Waals surface area contributed by atoms with Crippen LogP contribution in [0.25, 0.3) is 0 Å². The van der Waals surface area contributed by atoms with Crippen LogP contribution in [0.15, 0.2) is 0 Å². The molecule has 1 unspecified atom stereocenters. The molecule has 8 nitrogen and oxygen atoms in total. The fourth-order valence-electron chi connectivity index (χ4n) is 0.317. The molecule has 0 aromatic rings. The summed E-state index contributed by atoms with van der Waals surface area (Å²) in [5.74, 6) is -1.59. The molecule has 1 atom stereocenters. The van der Waals surface area contributed by atoms with Crippen LogP contribution >= 0.6 is 15.9 Å². The maximum absolute atomic E-state index is 10.1. The molecule has 0 saturated carbocycles. The van der Waals surface area contributed by atoms with E-state index < -0.39 is 21.7 Å². The summed E-state index contributed by atoms with van der Waals surface area (Å²) >= 11 is 0. The van der Waals surface area contributed by atoms with E-state index in [1.807, 2.05) is 0 Å². The third-order valence-corrected chi connectivity index (χ3v) is 1.85. The number of aliphatic hydroxyl groups excluding tert-OH is 1. The molecule has 0 aliphatic carbocycles. The van der Waals surface area contributed by atoms with Crippen molar-refractivity contribution in [1.82, 2.24) is 0 Å². The molecule has 15 heavy (non-hydrogen) atoms. The van der Waals surface area contributed by atoms with Gasteiger partial charge in [-0.3, -0.25) is 9.13 Å². The van der Waals surface area contributed by atoms with Gasteiger partial charge in [0.05, 0.1) is 0 Å². The van der Waals surface area contributed by atoms with Crippen LogP contribution in [-0.4, -0.2) is 96.2 Å². The molecule has 0 aliphatic heterocycles. The van der Waals surface area contributed by atoms with Crippen molar-refractivity contribution in [3.05, 3.63) is 0 Å². The maximum atomic E-state index is 10.1. The molecule has 0 radical (unpaired) electrons. The van der Waals surface area contributed by atoms with Crippen molar-refractivity contribution in [3.8, 4) is 0 Å². The van der Waals surface area contributed by atoms with Crippen LogP contribution in [0.2, 0.25) is 0 Å². The Hall–Kier alpha value is 2.22. The Morgan fingerprint density at radius 3 is 1.60 bits per heavy atom. The second-order valence-corrected chi connectivity index (χ2v) is 4.27. The van der Waals surface area contributed by atoms with E-state index in [4.69, 9.17) is 35.0 Å². The normalized spacial score (nSPS) is 11.7. The van der Waals surface area contributed by atoms with Crippen LogP contribution in [-0.2, 0) is 9.13 Å². The average Bonchev–Trinajstić information content (AvgIpc) is 1.84. The van der Waals surface area contributed by atoms with Crippen LogP contribution in [0.5, 0.6) is 0 Å². The molecule has 0 rings (SSSR count). The third-order valence-electron chi connectivity index (χ3n) is 0.813. The Labute approximate surface area is 132 Å².